The summed E-state index contributed by atoms with van der Waals surface area (Å²) in [6.07, 6.45) is 0.788. The number of pyridine rings is 1. The van der Waals surface area contributed by atoms with Crippen LogP contribution in [0.3, 0.4) is 0 Å². The van der Waals surface area contributed by atoms with Gasteiger partial charge in [0.2, 0.25) is 6.41 Å². The zero-order valence-corrected chi connectivity index (χ0v) is 17.5. The van der Waals surface area contributed by atoms with E-state index >= 15 is 0 Å². The Labute approximate surface area is 186 Å². The number of carbonyl (C=O) groups is 1. The van der Waals surface area contributed by atoms with Crippen LogP contribution in [0.5, 0.6) is 11.5 Å². The van der Waals surface area contributed by atoms with E-state index in [9.17, 15) is 14.4 Å². The summed E-state index contributed by atoms with van der Waals surface area (Å²) >= 11 is 0. The molecule has 0 spiro atoms. The van der Waals surface area contributed by atoms with Gasteiger partial charge in [0.1, 0.15) is 29.1 Å². The zero-order valence-electron chi connectivity index (χ0n) is 17.5. The van der Waals surface area contributed by atoms with Crippen LogP contribution in [-0.4, -0.2) is 42.5 Å². The number of ether oxygens (including phenoxy) is 1. The van der Waals surface area contributed by atoms with Gasteiger partial charge in [-0.05, 0) is 66.2 Å². The first-order valence-electron chi connectivity index (χ1n) is 10.2. The van der Waals surface area contributed by atoms with E-state index in [-0.39, 0.29) is 5.82 Å². The standard InChI is InChI=1S/C24H24FN5O2/c25-20-3-7-23(8-4-20)32-22-5-1-19(2-6-22)24-14-18(13-21(15-27)29-24)16-28-10-12-30(17-31)11-9-26/h1-8,13-14,17,28H,9-12,16,26H2. The SMILES string of the molecule is N#Cc1cc(CNCCN(C=O)CCN)cc(-c2ccc(Oc3ccc(F)cc3)cc2)n1. The molecule has 1 heterocycles. The van der Waals surface area contributed by atoms with Gasteiger partial charge in [-0.1, -0.05) is 0 Å². The molecule has 0 aliphatic rings. The smallest absolute Gasteiger partial charge is 0.209 e. The van der Waals surface area contributed by atoms with E-state index in [4.69, 9.17) is 10.5 Å². The third kappa shape index (κ3) is 6.60. The Kier molecular flexibility index (Phi) is 8.26. The fraction of sp³-hybridized carbons (Fsp3) is 0.208. The van der Waals surface area contributed by atoms with Gasteiger partial charge in [-0.15, -0.1) is 0 Å². The number of nitriles is 1. The molecule has 32 heavy (non-hydrogen) atoms. The fourth-order valence-corrected chi connectivity index (χ4v) is 3.07. The summed E-state index contributed by atoms with van der Waals surface area (Å²) < 4.78 is 18.7. The Morgan fingerprint density at radius 3 is 2.41 bits per heavy atom. The van der Waals surface area contributed by atoms with Crippen molar-refractivity contribution in [2.24, 2.45) is 5.73 Å². The lowest BCUT2D eigenvalue weighted by Crippen LogP contribution is -2.34. The number of nitrogens with zero attached hydrogens (tertiary/aromatic N) is 3. The Hall–Kier alpha value is -3.80. The predicted molar refractivity (Wildman–Crippen MR) is 119 cm³/mol. The molecule has 0 radical (unpaired) electrons. The molecule has 164 valence electrons. The maximum Gasteiger partial charge on any atom is 0.209 e. The number of nitrogens with two attached hydrogens (primary N) is 1. The molecular formula is C24H24FN5O2. The molecule has 8 heteroatoms. The van der Waals surface area contributed by atoms with Crippen molar-refractivity contribution >= 4 is 6.41 Å². The van der Waals surface area contributed by atoms with Crippen molar-refractivity contribution in [2.45, 2.75) is 6.54 Å². The average molecular weight is 433 g/mol. The van der Waals surface area contributed by atoms with E-state index in [1.807, 2.05) is 18.2 Å². The number of hydrogen-bond acceptors (Lipinski definition) is 6. The first-order valence-corrected chi connectivity index (χ1v) is 10.2. The quantitative estimate of drug-likeness (QED) is 0.356. The van der Waals surface area contributed by atoms with Crippen LogP contribution >= 0.6 is 0 Å². The molecule has 0 saturated heterocycles. The van der Waals surface area contributed by atoms with Crippen molar-refractivity contribution in [3.8, 4) is 28.8 Å². The number of halogens is 1. The Balaban J connectivity index is 1.66. The van der Waals surface area contributed by atoms with E-state index < -0.39 is 0 Å². The lowest BCUT2D eigenvalue weighted by molar-refractivity contribution is -0.118. The van der Waals surface area contributed by atoms with Crippen LogP contribution in [0.4, 0.5) is 4.39 Å². The van der Waals surface area contributed by atoms with Crippen LogP contribution in [0.1, 0.15) is 11.3 Å². The van der Waals surface area contributed by atoms with Gasteiger partial charge in [0.25, 0.3) is 0 Å². The normalized spacial score (nSPS) is 10.4. The van der Waals surface area contributed by atoms with Gasteiger partial charge in [-0.25, -0.2) is 9.37 Å². The maximum absolute atomic E-state index is 13.0. The molecule has 3 N–H and O–H groups in total. The highest BCUT2D eigenvalue weighted by Gasteiger charge is 2.07. The first-order chi connectivity index (χ1) is 15.6. The van der Waals surface area contributed by atoms with E-state index in [1.165, 1.54) is 12.1 Å². The molecule has 0 aliphatic carbocycles. The second kappa shape index (κ2) is 11.6. The molecule has 1 aromatic heterocycles. The number of carbonyl (C=O) groups excluding carboxylic acids is 1. The summed E-state index contributed by atoms with van der Waals surface area (Å²) in [7, 11) is 0. The van der Waals surface area contributed by atoms with E-state index in [1.54, 1.807) is 35.2 Å². The number of benzene rings is 2. The van der Waals surface area contributed by atoms with Crippen LogP contribution in [0, 0.1) is 17.1 Å². The van der Waals surface area contributed by atoms with Crippen molar-refractivity contribution < 1.29 is 13.9 Å². The van der Waals surface area contributed by atoms with Gasteiger partial charge < -0.3 is 20.7 Å². The maximum atomic E-state index is 13.0. The van der Waals surface area contributed by atoms with Crippen LogP contribution in [0.15, 0.2) is 60.7 Å². The van der Waals surface area contributed by atoms with Crippen molar-refractivity contribution in [1.29, 1.82) is 5.26 Å². The Morgan fingerprint density at radius 1 is 1.09 bits per heavy atom. The van der Waals surface area contributed by atoms with Gasteiger partial charge >= 0.3 is 0 Å². The molecule has 0 atom stereocenters. The van der Waals surface area contributed by atoms with Crippen molar-refractivity contribution in [3.63, 3.8) is 0 Å². The highest BCUT2D eigenvalue weighted by molar-refractivity contribution is 5.62. The topological polar surface area (TPSA) is 104 Å². The van der Waals surface area contributed by atoms with Crippen LogP contribution in [0.25, 0.3) is 11.3 Å². The van der Waals surface area contributed by atoms with Gasteiger partial charge in [0.05, 0.1) is 5.69 Å². The highest BCUT2D eigenvalue weighted by Crippen LogP contribution is 2.26. The summed E-state index contributed by atoms with van der Waals surface area (Å²) in [5, 5.41) is 12.6. The van der Waals surface area contributed by atoms with Gasteiger partial charge in [-0.3, -0.25) is 4.79 Å². The third-order valence-corrected chi connectivity index (χ3v) is 4.67. The molecule has 7 nitrogen and oxygen atoms in total. The Morgan fingerprint density at radius 2 is 1.78 bits per heavy atom. The average Bonchev–Trinajstić information content (AvgIpc) is 2.82. The van der Waals surface area contributed by atoms with Gasteiger partial charge in [0, 0.05) is 38.3 Å². The summed E-state index contributed by atoms with van der Waals surface area (Å²) in [6, 6.07) is 18.8. The van der Waals surface area contributed by atoms with Crippen LogP contribution in [-0.2, 0) is 11.3 Å². The van der Waals surface area contributed by atoms with E-state index in [2.05, 4.69) is 16.4 Å². The molecular weight excluding hydrogens is 409 g/mol. The Bertz CT molecular complexity index is 1070. The lowest BCUT2D eigenvalue weighted by Gasteiger charge is -2.16. The summed E-state index contributed by atoms with van der Waals surface area (Å²) in [5.41, 5.74) is 8.22. The number of hydrogen-bond donors (Lipinski definition) is 2. The number of amides is 1. The minimum absolute atomic E-state index is 0.321. The second-order valence-electron chi connectivity index (χ2n) is 7.04. The highest BCUT2D eigenvalue weighted by atomic mass is 19.1. The largest absolute Gasteiger partial charge is 0.457 e. The second-order valence-corrected chi connectivity index (χ2v) is 7.04. The molecule has 0 bridgehead atoms. The molecule has 0 unspecified atom stereocenters. The van der Waals surface area contributed by atoms with Crippen LogP contribution < -0.4 is 15.8 Å². The number of rotatable bonds is 11. The van der Waals surface area contributed by atoms with Gasteiger partial charge in [0.15, 0.2) is 0 Å². The molecule has 0 saturated carbocycles. The number of nitrogens with one attached hydrogen (secondary N) is 1. The zero-order chi connectivity index (χ0) is 22.8. The van der Waals surface area contributed by atoms with Crippen molar-refractivity contribution in [2.75, 3.05) is 26.2 Å². The predicted octanol–water partition coefficient (Wildman–Crippen LogP) is 3.06. The molecule has 3 rings (SSSR count). The van der Waals surface area contributed by atoms with Gasteiger partial charge in [-0.2, -0.15) is 5.26 Å². The molecule has 0 aliphatic heterocycles. The third-order valence-electron chi connectivity index (χ3n) is 4.67. The lowest BCUT2D eigenvalue weighted by atomic mass is 10.1. The summed E-state index contributed by atoms with van der Waals surface area (Å²) in [6.45, 7) is 2.63. The molecule has 3 aromatic rings. The number of aromatic nitrogens is 1. The first kappa shape index (κ1) is 22.9. The minimum atomic E-state index is -0.321. The minimum Gasteiger partial charge on any atom is -0.457 e. The molecule has 2 aromatic carbocycles. The summed E-state index contributed by atoms with van der Waals surface area (Å²) in [5.74, 6) is 0.825. The van der Waals surface area contributed by atoms with Crippen LogP contribution in [0.2, 0.25) is 0 Å². The fourth-order valence-electron chi connectivity index (χ4n) is 3.07. The van der Waals surface area contributed by atoms with Crippen molar-refractivity contribution in [1.82, 2.24) is 15.2 Å². The van der Waals surface area contributed by atoms with Crippen molar-refractivity contribution in [3.05, 3.63) is 77.7 Å². The summed E-state index contributed by atoms with van der Waals surface area (Å²) in [4.78, 5) is 17.0. The van der Waals surface area contributed by atoms with E-state index in [0.29, 0.717) is 55.6 Å². The molecule has 0 fully saturated rings. The van der Waals surface area contributed by atoms with E-state index in [0.717, 1.165) is 17.5 Å². The molecule has 1 amide bonds. The monoisotopic (exact) mass is 433 g/mol.